The lowest BCUT2D eigenvalue weighted by Gasteiger charge is -2.27. The average molecular weight is 250 g/mol. The number of hydrogen-bond donors (Lipinski definition) is 1. The molecule has 3 nitrogen and oxygen atoms in total. The van der Waals surface area contributed by atoms with Crippen molar-refractivity contribution in [2.24, 2.45) is 16.8 Å². The van der Waals surface area contributed by atoms with E-state index in [0.29, 0.717) is 6.10 Å². The van der Waals surface area contributed by atoms with Gasteiger partial charge in [0.05, 0.1) is 6.54 Å². The highest BCUT2D eigenvalue weighted by Gasteiger charge is 2.30. The summed E-state index contributed by atoms with van der Waals surface area (Å²) in [6.07, 6.45) is 11.0. The van der Waals surface area contributed by atoms with E-state index in [1.165, 1.54) is 58.0 Å². The summed E-state index contributed by atoms with van der Waals surface area (Å²) in [6.45, 7) is 3.28. The normalized spacial score (nSPS) is 31.1. The van der Waals surface area contributed by atoms with Crippen LogP contribution in [0.3, 0.4) is 0 Å². The van der Waals surface area contributed by atoms with Crippen LogP contribution in [-0.2, 0) is 4.74 Å². The van der Waals surface area contributed by atoms with Crippen LogP contribution in [0.4, 0.5) is 0 Å². The molecule has 2 aliphatic heterocycles. The highest BCUT2D eigenvalue weighted by molar-refractivity contribution is 5.78. The second-order valence-corrected chi connectivity index (χ2v) is 6.19. The minimum absolute atomic E-state index is 0.419. The van der Waals surface area contributed by atoms with Crippen LogP contribution in [0.5, 0.6) is 0 Å². The molecule has 1 N–H and O–H groups in total. The Morgan fingerprint density at radius 2 is 1.83 bits per heavy atom. The Morgan fingerprint density at radius 3 is 2.61 bits per heavy atom. The fourth-order valence-electron chi connectivity index (χ4n) is 3.64. The summed E-state index contributed by atoms with van der Waals surface area (Å²) < 4.78 is 6.13. The molecule has 2 heterocycles. The van der Waals surface area contributed by atoms with Crippen LogP contribution in [0, 0.1) is 11.8 Å². The van der Waals surface area contributed by atoms with Crippen LogP contribution in [0.1, 0.15) is 51.4 Å². The molecule has 3 rings (SSSR count). The number of piperidine rings is 1. The average Bonchev–Trinajstić information content (AvgIpc) is 2.89. The summed E-state index contributed by atoms with van der Waals surface area (Å²) in [5.41, 5.74) is 0. The Labute approximate surface area is 110 Å². The molecule has 3 aliphatic rings. The van der Waals surface area contributed by atoms with Gasteiger partial charge in [-0.3, -0.25) is 4.99 Å². The van der Waals surface area contributed by atoms with E-state index in [1.807, 2.05) is 0 Å². The number of rotatable bonds is 3. The summed E-state index contributed by atoms with van der Waals surface area (Å²) in [5.74, 6) is 2.65. The van der Waals surface area contributed by atoms with Gasteiger partial charge in [0.15, 0.2) is 5.90 Å². The zero-order valence-electron chi connectivity index (χ0n) is 11.4. The third-order valence-corrected chi connectivity index (χ3v) is 4.83. The monoisotopic (exact) mass is 250 g/mol. The van der Waals surface area contributed by atoms with E-state index >= 15 is 0 Å². The van der Waals surface area contributed by atoms with Gasteiger partial charge in [0.1, 0.15) is 6.10 Å². The van der Waals surface area contributed by atoms with E-state index < -0.39 is 0 Å². The number of ether oxygens (including phenoxy) is 1. The topological polar surface area (TPSA) is 33.6 Å². The Morgan fingerprint density at radius 1 is 1.06 bits per heavy atom. The summed E-state index contributed by atoms with van der Waals surface area (Å²) in [7, 11) is 0. The van der Waals surface area contributed by atoms with Crippen LogP contribution >= 0.6 is 0 Å². The molecule has 1 unspecified atom stereocenters. The van der Waals surface area contributed by atoms with Gasteiger partial charge < -0.3 is 10.1 Å². The van der Waals surface area contributed by atoms with E-state index in [1.54, 1.807) is 0 Å². The van der Waals surface area contributed by atoms with Crippen molar-refractivity contribution < 1.29 is 4.74 Å². The van der Waals surface area contributed by atoms with Crippen molar-refractivity contribution in [3.8, 4) is 0 Å². The predicted molar refractivity (Wildman–Crippen MR) is 74.0 cm³/mol. The van der Waals surface area contributed by atoms with E-state index in [2.05, 4.69) is 10.3 Å². The zero-order chi connectivity index (χ0) is 12.2. The van der Waals surface area contributed by atoms with Gasteiger partial charge in [-0.05, 0) is 50.6 Å². The molecule has 1 saturated carbocycles. The largest absolute Gasteiger partial charge is 0.475 e. The fraction of sp³-hybridized carbons (Fsp3) is 0.933. The van der Waals surface area contributed by atoms with Gasteiger partial charge in [-0.25, -0.2) is 0 Å². The quantitative estimate of drug-likeness (QED) is 0.835. The van der Waals surface area contributed by atoms with Crippen LogP contribution in [0.25, 0.3) is 0 Å². The smallest absolute Gasteiger partial charge is 0.184 e. The van der Waals surface area contributed by atoms with Crippen molar-refractivity contribution in [2.75, 3.05) is 19.6 Å². The lowest BCUT2D eigenvalue weighted by atomic mass is 9.85. The summed E-state index contributed by atoms with van der Waals surface area (Å²) in [6, 6.07) is 0. The molecule has 0 aromatic rings. The van der Waals surface area contributed by atoms with Gasteiger partial charge in [0.25, 0.3) is 0 Å². The Balaban J connectivity index is 1.45. The molecule has 2 fully saturated rings. The number of nitrogens with one attached hydrogen (secondary N) is 1. The van der Waals surface area contributed by atoms with Crippen molar-refractivity contribution in [1.29, 1.82) is 0 Å². The van der Waals surface area contributed by atoms with Crippen LogP contribution in [0.15, 0.2) is 4.99 Å². The second-order valence-electron chi connectivity index (χ2n) is 6.19. The number of hydrogen-bond acceptors (Lipinski definition) is 3. The van der Waals surface area contributed by atoms with E-state index in [4.69, 9.17) is 4.74 Å². The summed E-state index contributed by atoms with van der Waals surface area (Å²) in [5, 5.41) is 3.42. The third-order valence-electron chi connectivity index (χ3n) is 4.83. The fourth-order valence-corrected chi connectivity index (χ4v) is 3.64. The molecule has 102 valence electrons. The van der Waals surface area contributed by atoms with E-state index in [-0.39, 0.29) is 0 Å². The first-order valence-corrected chi connectivity index (χ1v) is 7.82. The molecule has 1 atom stereocenters. The van der Waals surface area contributed by atoms with Crippen molar-refractivity contribution in [2.45, 2.75) is 57.5 Å². The molecule has 0 amide bonds. The molecule has 0 bridgehead atoms. The third kappa shape index (κ3) is 3.05. The van der Waals surface area contributed by atoms with Gasteiger partial charge in [-0.15, -0.1) is 0 Å². The van der Waals surface area contributed by atoms with Crippen molar-refractivity contribution in [3.63, 3.8) is 0 Å². The molecule has 1 saturated heterocycles. The lowest BCUT2D eigenvalue weighted by Crippen LogP contribution is -2.30. The van der Waals surface area contributed by atoms with Crippen LogP contribution in [0.2, 0.25) is 0 Å². The number of aliphatic imine (C=N–C) groups is 1. The van der Waals surface area contributed by atoms with Crippen molar-refractivity contribution in [3.05, 3.63) is 0 Å². The zero-order valence-corrected chi connectivity index (χ0v) is 11.4. The van der Waals surface area contributed by atoms with E-state index in [0.717, 1.165) is 30.7 Å². The molecule has 0 aromatic heterocycles. The van der Waals surface area contributed by atoms with Crippen LogP contribution < -0.4 is 5.32 Å². The molecular weight excluding hydrogens is 224 g/mol. The molecular formula is C15H26N2O. The molecule has 0 aromatic carbocycles. The molecule has 3 heteroatoms. The molecule has 1 aliphatic carbocycles. The van der Waals surface area contributed by atoms with Crippen molar-refractivity contribution >= 4 is 5.90 Å². The predicted octanol–water partition coefficient (Wildman–Crippen LogP) is 2.75. The van der Waals surface area contributed by atoms with Gasteiger partial charge in [0, 0.05) is 6.42 Å². The van der Waals surface area contributed by atoms with Gasteiger partial charge in [-0.1, -0.05) is 19.3 Å². The van der Waals surface area contributed by atoms with Crippen molar-refractivity contribution in [1.82, 2.24) is 5.32 Å². The van der Waals surface area contributed by atoms with Gasteiger partial charge in [-0.2, -0.15) is 0 Å². The SMILES string of the molecule is C1CCC(C2CN=C(CC3CCNCC3)O2)CC1. The lowest BCUT2D eigenvalue weighted by molar-refractivity contribution is 0.118. The highest BCUT2D eigenvalue weighted by atomic mass is 16.5. The standard InChI is InChI=1S/C15H26N2O/c1-2-4-13(5-3-1)14-11-17-15(18-14)10-12-6-8-16-9-7-12/h12-14,16H,1-11H2. The number of nitrogens with zero attached hydrogens (tertiary/aromatic N) is 1. The highest BCUT2D eigenvalue weighted by Crippen LogP contribution is 2.31. The van der Waals surface area contributed by atoms with E-state index in [9.17, 15) is 0 Å². The maximum absolute atomic E-state index is 6.13. The Hall–Kier alpha value is -0.570. The minimum atomic E-state index is 0.419. The first kappa shape index (κ1) is 12.5. The second kappa shape index (κ2) is 6.05. The summed E-state index contributed by atoms with van der Waals surface area (Å²) in [4.78, 5) is 4.66. The maximum atomic E-state index is 6.13. The van der Waals surface area contributed by atoms with Crippen LogP contribution in [-0.4, -0.2) is 31.6 Å². The Bertz CT molecular complexity index is 291. The first-order valence-electron chi connectivity index (χ1n) is 7.82. The summed E-state index contributed by atoms with van der Waals surface area (Å²) >= 11 is 0. The molecule has 0 spiro atoms. The Kier molecular flexibility index (Phi) is 4.19. The van der Waals surface area contributed by atoms with Gasteiger partial charge >= 0.3 is 0 Å². The first-order chi connectivity index (χ1) is 8.92. The minimum Gasteiger partial charge on any atom is -0.475 e. The molecule has 18 heavy (non-hydrogen) atoms. The maximum Gasteiger partial charge on any atom is 0.184 e. The molecule has 0 radical (unpaired) electrons. The van der Waals surface area contributed by atoms with Gasteiger partial charge in [0.2, 0.25) is 0 Å².